The SMILES string of the molecule is CCC[C@H](C)NC(=O)CSc1nc2cc(C(=O)OC)ccc2c(=O)n1CC(C)C. The van der Waals surface area contributed by atoms with Crippen LogP contribution < -0.4 is 10.9 Å². The maximum absolute atomic E-state index is 13.0. The van der Waals surface area contributed by atoms with Crippen molar-refractivity contribution in [1.29, 1.82) is 0 Å². The van der Waals surface area contributed by atoms with E-state index in [1.54, 1.807) is 22.8 Å². The molecule has 0 saturated heterocycles. The molecule has 1 heterocycles. The quantitative estimate of drug-likeness (QED) is 0.381. The maximum atomic E-state index is 13.0. The van der Waals surface area contributed by atoms with Crippen LogP contribution in [0.25, 0.3) is 10.9 Å². The number of benzene rings is 1. The summed E-state index contributed by atoms with van der Waals surface area (Å²) in [6, 6.07) is 4.82. The molecule has 1 atom stereocenters. The second-order valence-corrected chi connectivity index (χ2v) is 8.42. The van der Waals surface area contributed by atoms with E-state index in [1.165, 1.54) is 18.9 Å². The van der Waals surface area contributed by atoms with Gasteiger partial charge in [0.25, 0.3) is 5.56 Å². The number of methoxy groups -OCH3 is 1. The summed E-state index contributed by atoms with van der Waals surface area (Å²) in [6.45, 7) is 8.58. The van der Waals surface area contributed by atoms with Crippen molar-refractivity contribution >= 4 is 34.5 Å². The molecule has 158 valence electrons. The Morgan fingerprint density at radius 1 is 1.28 bits per heavy atom. The number of carbonyl (C=O) groups excluding carboxylic acids is 2. The number of carbonyl (C=O) groups is 2. The van der Waals surface area contributed by atoms with Crippen LogP contribution in [0.4, 0.5) is 0 Å². The third-order valence-corrected chi connectivity index (χ3v) is 5.33. The molecule has 0 saturated carbocycles. The van der Waals surface area contributed by atoms with E-state index in [4.69, 9.17) is 4.74 Å². The summed E-state index contributed by atoms with van der Waals surface area (Å²) in [5.74, 6) is -0.178. The molecule has 0 radical (unpaired) electrons. The minimum Gasteiger partial charge on any atom is -0.465 e. The first-order chi connectivity index (χ1) is 13.8. The van der Waals surface area contributed by atoms with Gasteiger partial charge in [0.15, 0.2) is 5.16 Å². The lowest BCUT2D eigenvalue weighted by Gasteiger charge is -2.16. The molecule has 1 aromatic heterocycles. The van der Waals surface area contributed by atoms with E-state index in [0.29, 0.717) is 28.2 Å². The number of nitrogens with zero attached hydrogens (tertiary/aromatic N) is 2. The van der Waals surface area contributed by atoms with Crippen LogP contribution in [0.2, 0.25) is 0 Å². The summed E-state index contributed by atoms with van der Waals surface area (Å²) in [6.07, 6.45) is 1.91. The number of nitrogens with one attached hydrogen (secondary N) is 1. The Labute approximate surface area is 175 Å². The van der Waals surface area contributed by atoms with Crippen LogP contribution in [-0.2, 0) is 16.1 Å². The van der Waals surface area contributed by atoms with Gasteiger partial charge in [-0.3, -0.25) is 14.2 Å². The van der Waals surface area contributed by atoms with Crippen LogP contribution in [0.1, 0.15) is 50.9 Å². The summed E-state index contributed by atoms with van der Waals surface area (Å²) < 4.78 is 6.36. The van der Waals surface area contributed by atoms with Crippen molar-refractivity contribution in [3.63, 3.8) is 0 Å². The Bertz CT molecular complexity index is 939. The predicted octanol–water partition coefficient (Wildman–Crippen LogP) is 3.24. The molecular formula is C21H29N3O4S. The van der Waals surface area contributed by atoms with E-state index in [0.717, 1.165) is 12.8 Å². The number of rotatable bonds is 9. The number of ether oxygens (including phenoxy) is 1. The van der Waals surface area contributed by atoms with Gasteiger partial charge in [-0.15, -0.1) is 0 Å². The smallest absolute Gasteiger partial charge is 0.337 e. The molecule has 7 nitrogen and oxygen atoms in total. The van der Waals surface area contributed by atoms with Gasteiger partial charge in [0.05, 0.1) is 29.3 Å². The van der Waals surface area contributed by atoms with Gasteiger partial charge in [0.1, 0.15) is 0 Å². The van der Waals surface area contributed by atoms with Crippen molar-refractivity contribution in [2.75, 3.05) is 12.9 Å². The van der Waals surface area contributed by atoms with Crippen molar-refractivity contribution in [3.8, 4) is 0 Å². The highest BCUT2D eigenvalue weighted by atomic mass is 32.2. The standard InChI is InChI=1S/C21H29N3O4S/c1-6-7-14(4)22-18(25)12-29-21-23-17-10-15(20(27)28-5)8-9-16(17)19(26)24(21)11-13(2)3/h8-10,13-14H,6-7,11-12H2,1-5H3,(H,22,25)/t14-/m0/s1. The van der Waals surface area contributed by atoms with Gasteiger partial charge in [-0.2, -0.15) is 0 Å². The highest BCUT2D eigenvalue weighted by molar-refractivity contribution is 7.99. The Balaban J connectivity index is 2.38. The monoisotopic (exact) mass is 419 g/mol. The van der Waals surface area contributed by atoms with E-state index in [2.05, 4.69) is 17.2 Å². The van der Waals surface area contributed by atoms with E-state index < -0.39 is 5.97 Å². The molecule has 0 bridgehead atoms. The van der Waals surface area contributed by atoms with Gasteiger partial charge in [-0.25, -0.2) is 9.78 Å². The molecule has 29 heavy (non-hydrogen) atoms. The highest BCUT2D eigenvalue weighted by Gasteiger charge is 2.16. The average molecular weight is 420 g/mol. The lowest BCUT2D eigenvalue weighted by Crippen LogP contribution is -2.34. The lowest BCUT2D eigenvalue weighted by molar-refractivity contribution is -0.119. The fraction of sp³-hybridized carbons (Fsp3) is 0.524. The van der Waals surface area contributed by atoms with Crippen LogP contribution in [0.3, 0.4) is 0 Å². The number of hydrogen-bond donors (Lipinski definition) is 1. The van der Waals surface area contributed by atoms with E-state index in [1.807, 2.05) is 20.8 Å². The van der Waals surface area contributed by atoms with Gasteiger partial charge in [-0.05, 0) is 37.5 Å². The molecule has 0 aliphatic carbocycles. The lowest BCUT2D eigenvalue weighted by atomic mass is 10.1. The van der Waals surface area contributed by atoms with Crippen LogP contribution in [0.5, 0.6) is 0 Å². The fourth-order valence-corrected chi connectivity index (χ4v) is 3.85. The maximum Gasteiger partial charge on any atom is 0.337 e. The van der Waals surface area contributed by atoms with Gasteiger partial charge in [-0.1, -0.05) is 39.0 Å². The number of aromatic nitrogens is 2. The average Bonchev–Trinajstić information content (AvgIpc) is 2.67. The minimum atomic E-state index is -0.487. The topological polar surface area (TPSA) is 90.3 Å². The van der Waals surface area contributed by atoms with E-state index >= 15 is 0 Å². The summed E-state index contributed by atoms with van der Waals surface area (Å²) in [5, 5.41) is 3.86. The zero-order valence-corrected chi connectivity index (χ0v) is 18.5. The van der Waals surface area contributed by atoms with E-state index in [-0.39, 0.29) is 29.2 Å². The first-order valence-corrected chi connectivity index (χ1v) is 10.8. The molecule has 0 aliphatic heterocycles. The zero-order chi connectivity index (χ0) is 21.6. The van der Waals surface area contributed by atoms with Crippen molar-refractivity contribution < 1.29 is 14.3 Å². The number of esters is 1. The number of hydrogen-bond acceptors (Lipinski definition) is 6. The Hall–Kier alpha value is -2.35. The number of thioether (sulfide) groups is 1. The van der Waals surface area contributed by atoms with Crippen LogP contribution in [0, 0.1) is 5.92 Å². The molecule has 2 rings (SSSR count). The predicted molar refractivity (Wildman–Crippen MR) is 115 cm³/mol. The molecule has 0 fully saturated rings. The zero-order valence-electron chi connectivity index (χ0n) is 17.7. The molecule has 1 N–H and O–H groups in total. The van der Waals surface area contributed by atoms with Crippen LogP contribution in [-0.4, -0.2) is 40.3 Å². The van der Waals surface area contributed by atoms with Gasteiger partial charge in [0.2, 0.25) is 5.91 Å². The van der Waals surface area contributed by atoms with E-state index in [9.17, 15) is 14.4 Å². The molecule has 0 spiro atoms. The Kier molecular flexibility index (Phi) is 8.25. The number of amides is 1. The van der Waals surface area contributed by atoms with Crippen molar-refractivity contribution in [3.05, 3.63) is 34.1 Å². The third-order valence-electron chi connectivity index (χ3n) is 4.35. The minimum absolute atomic E-state index is 0.0929. The summed E-state index contributed by atoms with van der Waals surface area (Å²) in [4.78, 5) is 41.7. The first kappa shape index (κ1) is 22.9. The molecule has 0 unspecified atom stereocenters. The van der Waals surface area contributed by atoms with Crippen molar-refractivity contribution in [1.82, 2.24) is 14.9 Å². The fourth-order valence-electron chi connectivity index (χ4n) is 3.03. The summed E-state index contributed by atoms with van der Waals surface area (Å²) in [7, 11) is 1.31. The molecule has 0 aliphatic rings. The molecule has 1 aromatic carbocycles. The molecule has 2 aromatic rings. The van der Waals surface area contributed by atoms with Gasteiger partial charge >= 0.3 is 5.97 Å². The Morgan fingerprint density at radius 3 is 2.62 bits per heavy atom. The van der Waals surface area contributed by atoms with Crippen molar-refractivity contribution in [2.24, 2.45) is 5.92 Å². The molecular weight excluding hydrogens is 390 g/mol. The van der Waals surface area contributed by atoms with Crippen LogP contribution >= 0.6 is 11.8 Å². The second kappa shape index (κ2) is 10.4. The summed E-state index contributed by atoms with van der Waals surface area (Å²) in [5.41, 5.74) is 0.568. The third kappa shape index (κ3) is 6.06. The second-order valence-electron chi connectivity index (χ2n) is 7.47. The first-order valence-electron chi connectivity index (χ1n) is 9.81. The number of fused-ring (bicyclic) bond motifs is 1. The molecule has 1 amide bonds. The Morgan fingerprint density at radius 2 is 2.00 bits per heavy atom. The highest BCUT2D eigenvalue weighted by Crippen LogP contribution is 2.20. The largest absolute Gasteiger partial charge is 0.465 e. The van der Waals surface area contributed by atoms with Gasteiger partial charge < -0.3 is 10.1 Å². The normalized spacial score (nSPS) is 12.2. The van der Waals surface area contributed by atoms with Crippen LogP contribution in [0.15, 0.2) is 28.2 Å². The summed E-state index contributed by atoms with van der Waals surface area (Å²) >= 11 is 1.23. The molecule has 8 heteroatoms. The van der Waals surface area contributed by atoms with Gasteiger partial charge in [0, 0.05) is 12.6 Å². The van der Waals surface area contributed by atoms with Crippen molar-refractivity contribution in [2.45, 2.75) is 58.3 Å².